The van der Waals surface area contributed by atoms with Crippen molar-refractivity contribution in [2.45, 2.75) is 19.8 Å². The van der Waals surface area contributed by atoms with E-state index < -0.39 is 0 Å². The number of hydrogen-bond donors (Lipinski definition) is 1. The maximum Gasteiger partial charge on any atom is 0.247 e. The number of ether oxygens (including phenoxy) is 2. The van der Waals surface area contributed by atoms with Crippen LogP contribution >= 0.6 is 0 Å². The van der Waals surface area contributed by atoms with Crippen LogP contribution in [-0.4, -0.2) is 30.3 Å². The topological polar surface area (TPSA) is 86.5 Å². The molecule has 0 aliphatic heterocycles. The van der Waals surface area contributed by atoms with Crippen LogP contribution in [0.15, 0.2) is 46.9 Å². The predicted molar refractivity (Wildman–Crippen MR) is 101 cm³/mol. The Balaban J connectivity index is 1.59. The van der Waals surface area contributed by atoms with Crippen molar-refractivity contribution >= 4 is 11.6 Å². The van der Waals surface area contributed by atoms with Gasteiger partial charge in [0.2, 0.25) is 17.7 Å². The van der Waals surface area contributed by atoms with Gasteiger partial charge in [-0.2, -0.15) is 0 Å². The first kappa shape index (κ1) is 18.4. The molecule has 140 valence electrons. The Hall–Kier alpha value is -3.35. The number of methoxy groups -OCH3 is 2. The Kier molecular flexibility index (Phi) is 5.71. The van der Waals surface area contributed by atoms with Crippen molar-refractivity contribution in [2.24, 2.45) is 0 Å². The quantitative estimate of drug-likeness (QED) is 0.686. The highest BCUT2D eigenvalue weighted by Gasteiger charge is 2.12. The summed E-state index contributed by atoms with van der Waals surface area (Å²) < 4.78 is 16.1. The first-order chi connectivity index (χ1) is 13.1. The second kappa shape index (κ2) is 8.35. The minimum absolute atomic E-state index is 0.173. The van der Waals surface area contributed by atoms with Gasteiger partial charge in [0, 0.05) is 24.5 Å². The Morgan fingerprint density at radius 1 is 1.07 bits per heavy atom. The number of hydrogen-bond acceptors (Lipinski definition) is 6. The third-order valence-electron chi connectivity index (χ3n) is 4.01. The molecular formula is C20H21N3O4. The van der Waals surface area contributed by atoms with Gasteiger partial charge in [0.25, 0.3) is 0 Å². The Labute approximate surface area is 157 Å². The van der Waals surface area contributed by atoms with E-state index in [1.807, 2.05) is 31.2 Å². The van der Waals surface area contributed by atoms with Crippen molar-refractivity contribution in [3.05, 3.63) is 53.9 Å². The summed E-state index contributed by atoms with van der Waals surface area (Å²) in [6.45, 7) is 2.01. The minimum Gasteiger partial charge on any atom is -0.497 e. The molecule has 0 aliphatic carbocycles. The Morgan fingerprint density at radius 2 is 1.85 bits per heavy atom. The van der Waals surface area contributed by atoms with Crippen LogP contribution in [0.3, 0.4) is 0 Å². The van der Waals surface area contributed by atoms with Crippen molar-refractivity contribution in [2.75, 3.05) is 19.5 Å². The number of anilines is 1. The number of amides is 1. The fraction of sp³-hybridized carbons (Fsp3) is 0.250. The SMILES string of the molecule is COc1ccc(NC(=O)CCc2nnc(-c3ccc(C)cc3)o2)c(OC)c1. The molecule has 0 saturated heterocycles. The third kappa shape index (κ3) is 4.63. The average Bonchev–Trinajstić information content (AvgIpc) is 3.16. The highest BCUT2D eigenvalue weighted by molar-refractivity contribution is 5.92. The highest BCUT2D eigenvalue weighted by Crippen LogP contribution is 2.29. The van der Waals surface area contributed by atoms with Gasteiger partial charge >= 0.3 is 0 Å². The number of aryl methyl sites for hydroxylation is 2. The molecule has 0 bridgehead atoms. The van der Waals surface area contributed by atoms with Crippen LogP contribution in [0.1, 0.15) is 17.9 Å². The van der Waals surface area contributed by atoms with Gasteiger partial charge in [0.15, 0.2) is 0 Å². The zero-order chi connectivity index (χ0) is 19.2. The number of benzene rings is 2. The maximum absolute atomic E-state index is 12.2. The van der Waals surface area contributed by atoms with Crippen molar-refractivity contribution in [3.8, 4) is 23.0 Å². The van der Waals surface area contributed by atoms with E-state index in [0.717, 1.165) is 11.1 Å². The normalized spacial score (nSPS) is 10.5. The Morgan fingerprint density at radius 3 is 2.56 bits per heavy atom. The highest BCUT2D eigenvalue weighted by atomic mass is 16.5. The van der Waals surface area contributed by atoms with Gasteiger partial charge in [-0.1, -0.05) is 17.7 Å². The fourth-order valence-electron chi connectivity index (χ4n) is 2.50. The predicted octanol–water partition coefficient (Wildman–Crippen LogP) is 3.63. The van der Waals surface area contributed by atoms with Crippen LogP contribution in [0.25, 0.3) is 11.5 Å². The fourth-order valence-corrected chi connectivity index (χ4v) is 2.50. The van der Waals surface area contributed by atoms with Crippen LogP contribution in [0, 0.1) is 6.92 Å². The summed E-state index contributed by atoms with van der Waals surface area (Å²) in [6, 6.07) is 13.0. The van der Waals surface area contributed by atoms with E-state index in [2.05, 4.69) is 15.5 Å². The van der Waals surface area contributed by atoms with Gasteiger partial charge in [-0.05, 0) is 31.2 Å². The van der Waals surface area contributed by atoms with E-state index in [1.165, 1.54) is 7.11 Å². The van der Waals surface area contributed by atoms with Gasteiger partial charge in [0.05, 0.1) is 19.9 Å². The molecule has 3 rings (SSSR count). The summed E-state index contributed by atoms with van der Waals surface area (Å²) in [5.74, 6) is 1.87. The second-order valence-corrected chi connectivity index (χ2v) is 5.98. The summed E-state index contributed by atoms with van der Waals surface area (Å²) in [5, 5.41) is 10.9. The van der Waals surface area contributed by atoms with Crippen LogP contribution in [0.4, 0.5) is 5.69 Å². The van der Waals surface area contributed by atoms with Gasteiger partial charge in [-0.3, -0.25) is 4.79 Å². The van der Waals surface area contributed by atoms with E-state index in [4.69, 9.17) is 13.9 Å². The summed E-state index contributed by atoms with van der Waals surface area (Å²) in [5.41, 5.74) is 2.59. The van der Waals surface area contributed by atoms with E-state index in [0.29, 0.717) is 35.4 Å². The Bertz CT molecular complexity index is 919. The molecule has 0 atom stereocenters. The minimum atomic E-state index is -0.173. The van der Waals surface area contributed by atoms with E-state index in [-0.39, 0.29) is 12.3 Å². The number of nitrogens with zero attached hydrogens (tertiary/aromatic N) is 2. The van der Waals surface area contributed by atoms with Gasteiger partial charge in [-0.15, -0.1) is 10.2 Å². The number of nitrogens with one attached hydrogen (secondary N) is 1. The number of carbonyl (C=O) groups excluding carboxylic acids is 1. The van der Waals surface area contributed by atoms with Crippen molar-refractivity contribution in [1.82, 2.24) is 10.2 Å². The molecule has 1 heterocycles. The first-order valence-corrected chi connectivity index (χ1v) is 8.50. The molecule has 1 N–H and O–H groups in total. The molecule has 0 fully saturated rings. The zero-order valence-corrected chi connectivity index (χ0v) is 15.5. The van der Waals surface area contributed by atoms with Gasteiger partial charge in [-0.25, -0.2) is 0 Å². The molecule has 0 unspecified atom stereocenters. The van der Waals surface area contributed by atoms with E-state index in [1.54, 1.807) is 25.3 Å². The van der Waals surface area contributed by atoms with Crippen LogP contribution in [0.5, 0.6) is 11.5 Å². The van der Waals surface area contributed by atoms with Gasteiger partial charge in [0.1, 0.15) is 11.5 Å². The lowest BCUT2D eigenvalue weighted by Gasteiger charge is -2.11. The molecule has 7 nitrogen and oxygen atoms in total. The molecule has 1 aromatic heterocycles. The average molecular weight is 367 g/mol. The molecule has 3 aromatic rings. The molecule has 2 aromatic carbocycles. The molecule has 0 radical (unpaired) electrons. The summed E-state index contributed by atoms with van der Waals surface area (Å²) in [4.78, 5) is 12.2. The van der Waals surface area contributed by atoms with Crippen LogP contribution in [0.2, 0.25) is 0 Å². The standard InChI is InChI=1S/C20H21N3O4/c1-13-4-6-14(7-5-13)20-23-22-19(27-20)11-10-18(24)21-16-9-8-15(25-2)12-17(16)26-3/h4-9,12H,10-11H2,1-3H3,(H,21,24). The summed E-state index contributed by atoms with van der Waals surface area (Å²) in [6.07, 6.45) is 0.563. The zero-order valence-electron chi connectivity index (χ0n) is 15.5. The molecule has 1 amide bonds. The van der Waals surface area contributed by atoms with E-state index >= 15 is 0 Å². The lowest BCUT2D eigenvalue weighted by atomic mass is 10.1. The van der Waals surface area contributed by atoms with Gasteiger partial charge < -0.3 is 19.2 Å². The first-order valence-electron chi connectivity index (χ1n) is 8.50. The lowest BCUT2D eigenvalue weighted by Crippen LogP contribution is -2.13. The summed E-state index contributed by atoms with van der Waals surface area (Å²) in [7, 11) is 3.11. The maximum atomic E-state index is 12.2. The van der Waals surface area contributed by atoms with E-state index in [9.17, 15) is 4.79 Å². The summed E-state index contributed by atoms with van der Waals surface area (Å²) >= 11 is 0. The smallest absolute Gasteiger partial charge is 0.247 e. The molecule has 0 saturated carbocycles. The van der Waals surface area contributed by atoms with Crippen molar-refractivity contribution in [3.63, 3.8) is 0 Å². The lowest BCUT2D eigenvalue weighted by molar-refractivity contribution is -0.116. The van der Waals surface area contributed by atoms with Crippen LogP contribution < -0.4 is 14.8 Å². The largest absolute Gasteiger partial charge is 0.497 e. The number of rotatable bonds is 7. The van der Waals surface area contributed by atoms with Crippen LogP contribution in [-0.2, 0) is 11.2 Å². The number of carbonyl (C=O) groups is 1. The molecule has 0 spiro atoms. The second-order valence-electron chi connectivity index (χ2n) is 5.98. The molecule has 27 heavy (non-hydrogen) atoms. The molecule has 7 heteroatoms. The number of aromatic nitrogens is 2. The van der Waals surface area contributed by atoms with Crippen molar-refractivity contribution < 1.29 is 18.7 Å². The molecule has 0 aliphatic rings. The third-order valence-corrected chi connectivity index (χ3v) is 4.01. The van der Waals surface area contributed by atoms with Crippen molar-refractivity contribution in [1.29, 1.82) is 0 Å². The monoisotopic (exact) mass is 367 g/mol. The molecular weight excluding hydrogens is 346 g/mol.